The quantitative estimate of drug-likeness (QED) is 0.409. The maximum absolute atomic E-state index is 5.46. The lowest BCUT2D eigenvalue weighted by molar-refractivity contribution is 0.355. The van der Waals surface area contributed by atoms with Crippen molar-refractivity contribution in [2.45, 2.75) is 30.5 Å². The summed E-state index contributed by atoms with van der Waals surface area (Å²) < 4.78 is 16.2. The van der Waals surface area contributed by atoms with Crippen LogP contribution in [0.15, 0.2) is 40.1 Å². The summed E-state index contributed by atoms with van der Waals surface area (Å²) in [5.74, 6) is 4.47. The molecule has 0 spiro atoms. The van der Waals surface area contributed by atoms with E-state index in [9.17, 15) is 0 Å². The summed E-state index contributed by atoms with van der Waals surface area (Å²) in [4.78, 5) is 15.7. The molecule has 0 aliphatic carbocycles. The molecule has 2 aromatic heterocycles. The van der Waals surface area contributed by atoms with Gasteiger partial charge in [-0.1, -0.05) is 29.9 Å². The second-order valence-electron chi connectivity index (χ2n) is 7.23. The van der Waals surface area contributed by atoms with Crippen LogP contribution in [-0.2, 0) is 5.75 Å². The Bertz CT molecular complexity index is 988. The molecule has 3 aromatic rings. The van der Waals surface area contributed by atoms with E-state index in [4.69, 9.17) is 14.0 Å². The van der Waals surface area contributed by atoms with Crippen LogP contribution in [0.2, 0.25) is 0 Å². The Morgan fingerprint density at radius 2 is 2.00 bits per heavy atom. The summed E-state index contributed by atoms with van der Waals surface area (Å²) in [6, 6.07) is 7.60. The van der Waals surface area contributed by atoms with Gasteiger partial charge in [-0.05, 0) is 30.9 Å². The molecule has 8 nitrogen and oxygen atoms in total. The second kappa shape index (κ2) is 9.34. The fraction of sp³-hybridized carbons (Fsp3) is 0.429. The van der Waals surface area contributed by atoms with Gasteiger partial charge in [0.25, 0.3) is 0 Å². The van der Waals surface area contributed by atoms with E-state index in [0.717, 1.165) is 35.4 Å². The molecular formula is C21H25N5O3S. The van der Waals surface area contributed by atoms with E-state index in [-0.39, 0.29) is 0 Å². The lowest BCUT2D eigenvalue weighted by atomic mass is 9.99. The van der Waals surface area contributed by atoms with Crippen LogP contribution in [0.1, 0.15) is 25.7 Å². The van der Waals surface area contributed by atoms with Crippen molar-refractivity contribution in [3.8, 4) is 22.9 Å². The Hall–Kier alpha value is -2.81. The molecule has 0 bridgehead atoms. The molecule has 0 saturated carbocycles. The van der Waals surface area contributed by atoms with Crippen LogP contribution < -0.4 is 14.4 Å². The summed E-state index contributed by atoms with van der Waals surface area (Å²) in [5, 5.41) is 4.99. The molecule has 158 valence electrons. The number of rotatable bonds is 7. The maximum atomic E-state index is 5.46. The summed E-state index contributed by atoms with van der Waals surface area (Å²) >= 11 is 1.55. The maximum Gasteiger partial charge on any atom is 0.237 e. The van der Waals surface area contributed by atoms with Gasteiger partial charge in [-0.2, -0.15) is 4.98 Å². The second-order valence-corrected chi connectivity index (χ2v) is 8.22. The summed E-state index contributed by atoms with van der Waals surface area (Å²) in [7, 11) is 3.19. The number of aromatic nitrogens is 4. The Kier molecular flexibility index (Phi) is 6.37. The predicted molar refractivity (Wildman–Crippen MR) is 115 cm³/mol. The zero-order valence-corrected chi connectivity index (χ0v) is 18.2. The van der Waals surface area contributed by atoms with Gasteiger partial charge in [-0.25, -0.2) is 9.97 Å². The van der Waals surface area contributed by atoms with E-state index < -0.39 is 0 Å². The first-order valence-corrected chi connectivity index (χ1v) is 10.9. The third kappa shape index (κ3) is 4.51. The molecule has 1 aliphatic rings. The van der Waals surface area contributed by atoms with Crippen molar-refractivity contribution < 1.29 is 14.0 Å². The van der Waals surface area contributed by atoms with Crippen LogP contribution in [0.4, 0.5) is 5.82 Å². The minimum absolute atomic E-state index is 0.465. The highest BCUT2D eigenvalue weighted by Crippen LogP contribution is 2.36. The Balaban J connectivity index is 1.44. The van der Waals surface area contributed by atoms with Crippen LogP contribution in [0.3, 0.4) is 0 Å². The van der Waals surface area contributed by atoms with Gasteiger partial charge in [0.05, 0.1) is 25.5 Å². The van der Waals surface area contributed by atoms with Gasteiger partial charge in [-0.3, -0.25) is 0 Å². The average Bonchev–Trinajstić information content (AvgIpc) is 3.26. The summed E-state index contributed by atoms with van der Waals surface area (Å²) in [6.45, 7) is 4.38. The van der Waals surface area contributed by atoms with Crippen LogP contribution in [0, 0.1) is 5.92 Å². The number of methoxy groups -OCH3 is 2. The van der Waals surface area contributed by atoms with Gasteiger partial charge in [0.1, 0.15) is 17.2 Å². The number of piperidine rings is 1. The SMILES string of the molecule is COc1cccc(-c2noc(CSc3cc(N4CCC(C)CC4)ncn3)n2)c1OC. The van der Waals surface area contributed by atoms with Crippen molar-refractivity contribution in [3.05, 3.63) is 36.5 Å². The van der Waals surface area contributed by atoms with Gasteiger partial charge in [0.2, 0.25) is 11.7 Å². The minimum Gasteiger partial charge on any atom is -0.493 e. The monoisotopic (exact) mass is 427 g/mol. The van der Waals surface area contributed by atoms with Crippen molar-refractivity contribution in [2.24, 2.45) is 5.92 Å². The van der Waals surface area contributed by atoms with Crippen LogP contribution in [-0.4, -0.2) is 47.4 Å². The van der Waals surface area contributed by atoms with E-state index in [1.807, 2.05) is 24.3 Å². The Morgan fingerprint density at radius 3 is 2.77 bits per heavy atom. The highest BCUT2D eigenvalue weighted by Gasteiger charge is 2.19. The number of thioether (sulfide) groups is 1. The highest BCUT2D eigenvalue weighted by molar-refractivity contribution is 7.98. The van der Waals surface area contributed by atoms with Gasteiger partial charge in [-0.15, -0.1) is 0 Å². The molecule has 1 fully saturated rings. The minimum atomic E-state index is 0.465. The molecular weight excluding hydrogens is 402 g/mol. The molecule has 0 amide bonds. The molecule has 0 unspecified atom stereocenters. The number of benzene rings is 1. The molecule has 0 radical (unpaired) electrons. The largest absolute Gasteiger partial charge is 0.493 e. The Labute approximate surface area is 180 Å². The molecule has 1 saturated heterocycles. The van der Waals surface area contributed by atoms with Crippen LogP contribution >= 0.6 is 11.8 Å². The molecule has 1 aliphatic heterocycles. The third-order valence-corrected chi connectivity index (χ3v) is 6.10. The van der Waals surface area contributed by atoms with Crippen molar-refractivity contribution in [2.75, 3.05) is 32.2 Å². The molecule has 3 heterocycles. The molecule has 30 heavy (non-hydrogen) atoms. The summed E-state index contributed by atoms with van der Waals surface area (Å²) in [6.07, 6.45) is 4.02. The van der Waals surface area contributed by atoms with Gasteiger partial charge in [0, 0.05) is 19.2 Å². The molecule has 1 aromatic carbocycles. The zero-order chi connectivity index (χ0) is 20.9. The summed E-state index contributed by atoms with van der Waals surface area (Å²) in [5.41, 5.74) is 0.723. The normalized spacial score (nSPS) is 14.7. The van der Waals surface area contributed by atoms with Crippen LogP contribution in [0.5, 0.6) is 11.5 Å². The zero-order valence-electron chi connectivity index (χ0n) is 17.4. The van der Waals surface area contributed by atoms with Crippen molar-refractivity contribution >= 4 is 17.6 Å². The van der Waals surface area contributed by atoms with Gasteiger partial charge >= 0.3 is 0 Å². The Morgan fingerprint density at radius 1 is 1.17 bits per heavy atom. The smallest absolute Gasteiger partial charge is 0.237 e. The van der Waals surface area contributed by atoms with Crippen LogP contribution in [0.25, 0.3) is 11.4 Å². The molecule has 0 atom stereocenters. The van der Waals surface area contributed by atoms with E-state index >= 15 is 0 Å². The first-order valence-electron chi connectivity index (χ1n) is 9.91. The topological polar surface area (TPSA) is 86.4 Å². The van der Waals surface area contributed by atoms with Crippen molar-refractivity contribution in [1.82, 2.24) is 20.1 Å². The van der Waals surface area contributed by atoms with Gasteiger partial charge in [0.15, 0.2) is 11.5 Å². The highest BCUT2D eigenvalue weighted by atomic mass is 32.2. The number of para-hydroxylation sites is 1. The number of hydrogen-bond acceptors (Lipinski definition) is 9. The molecule has 4 rings (SSSR count). The lowest BCUT2D eigenvalue weighted by Gasteiger charge is -2.31. The first-order chi connectivity index (χ1) is 14.7. The predicted octanol–water partition coefficient (Wildman–Crippen LogP) is 4.07. The van der Waals surface area contributed by atoms with E-state index in [1.54, 1.807) is 32.3 Å². The average molecular weight is 428 g/mol. The van der Waals surface area contributed by atoms with E-state index in [2.05, 4.69) is 31.9 Å². The standard InChI is InChI=1S/C21H25N5O3S/c1-14-7-9-26(10-8-14)17-11-19(23-13-22-17)30-12-18-24-21(25-29-18)15-5-4-6-16(27-2)20(15)28-3/h4-6,11,13-14H,7-10,12H2,1-3H3. The molecule has 0 N–H and O–H groups in total. The van der Waals surface area contributed by atoms with Gasteiger partial charge < -0.3 is 18.9 Å². The van der Waals surface area contributed by atoms with Crippen molar-refractivity contribution in [1.29, 1.82) is 0 Å². The molecule has 9 heteroatoms. The van der Waals surface area contributed by atoms with E-state index in [1.165, 1.54) is 12.8 Å². The van der Waals surface area contributed by atoms with E-state index in [0.29, 0.717) is 29.0 Å². The lowest BCUT2D eigenvalue weighted by Crippen LogP contribution is -2.33. The fourth-order valence-electron chi connectivity index (χ4n) is 3.44. The third-order valence-electron chi connectivity index (χ3n) is 5.19. The number of nitrogens with zero attached hydrogens (tertiary/aromatic N) is 5. The first kappa shape index (κ1) is 20.5. The van der Waals surface area contributed by atoms with Crippen molar-refractivity contribution in [3.63, 3.8) is 0 Å². The fourth-order valence-corrected chi connectivity index (χ4v) is 4.14. The number of hydrogen-bond donors (Lipinski definition) is 0. The number of anilines is 1. The number of ether oxygens (including phenoxy) is 2.